The molecule has 2 rings (SSSR count). The van der Waals surface area contributed by atoms with Crippen LogP contribution in [0.4, 0.5) is 0 Å². The zero-order valence-corrected chi connectivity index (χ0v) is 10.3. The van der Waals surface area contributed by atoms with Crippen molar-refractivity contribution >= 4 is 15.9 Å². The summed E-state index contributed by atoms with van der Waals surface area (Å²) >= 11 is 3.46. The quantitative estimate of drug-likeness (QED) is 0.654. The minimum atomic E-state index is -0.107. The van der Waals surface area contributed by atoms with Gasteiger partial charge in [-0.25, -0.2) is 5.43 Å². The molecule has 0 spiro atoms. The van der Waals surface area contributed by atoms with Crippen LogP contribution >= 0.6 is 15.9 Å². The predicted molar refractivity (Wildman–Crippen MR) is 64.3 cm³/mol. The molecule has 1 unspecified atom stereocenters. The number of pyridine rings is 1. The average molecular weight is 282 g/mol. The Morgan fingerprint density at radius 1 is 1.44 bits per heavy atom. The Hall–Kier alpha value is -1.24. The fourth-order valence-corrected chi connectivity index (χ4v) is 2.21. The number of halogens is 1. The van der Waals surface area contributed by atoms with Crippen molar-refractivity contribution in [2.45, 2.75) is 6.04 Å². The van der Waals surface area contributed by atoms with Crippen LogP contribution < -0.4 is 11.3 Å². The normalized spacial score (nSPS) is 12.7. The zero-order valence-electron chi connectivity index (χ0n) is 8.76. The standard InChI is InChI=1S/C10H12BrN5/c1-16-10(8(11)6-14-16)9(15-12)7-2-4-13-5-3-7/h2-6,9,15H,12H2,1H3. The lowest BCUT2D eigenvalue weighted by Gasteiger charge is -2.17. The van der Waals surface area contributed by atoms with Crippen LogP contribution in [0.3, 0.4) is 0 Å². The summed E-state index contributed by atoms with van der Waals surface area (Å²) in [6.07, 6.45) is 5.23. The molecule has 1 atom stereocenters. The van der Waals surface area contributed by atoms with Crippen molar-refractivity contribution in [1.82, 2.24) is 20.2 Å². The van der Waals surface area contributed by atoms with Crippen LogP contribution in [-0.2, 0) is 7.05 Å². The van der Waals surface area contributed by atoms with E-state index < -0.39 is 0 Å². The Labute approximate surface area is 102 Å². The molecule has 0 bridgehead atoms. The highest BCUT2D eigenvalue weighted by molar-refractivity contribution is 9.10. The fourth-order valence-electron chi connectivity index (χ4n) is 1.63. The first-order valence-electron chi connectivity index (χ1n) is 4.77. The van der Waals surface area contributed by atoms with Gasteiger partial charge in [0.05, 0.1) is 22.4 Å². The Kier molecular flexibility index (Phi) is 3.33. The van der Waals surface area contributed by atoms with E-state index in [1.54, 1.807) is 23.3 Å². The topological polar surface area (TPSA) is 68.8 Å². The minimum Gasteiger partial charge on any atom is -0.271 e. The first-order chi connectivity index (χ1) is 7.74. The van der Waals surface area contributed by atoms with E-state index in [1.807, 2.05) is 19.2 Å². The van der Waals surface area contributed by atoms with Gasteiger partial charge in [0.15, 0.2) is 0 Å². The summed E-state index contributed by atoms with van der Waals surface area (Å²) < 4.78 is 2.71. The highest BCUT2D eigenvalue weighted by Gasteiger charge is 2.19. The Bertz CT molecular complexity index is 448. The number of hydrogen-bond donors (Lipinski definition) is 2. The number of aromatic nitrogens is 3. The summed E-state index contributed by atoms with van der Waals surface area (Å²) in [6.45, 7) is 0. The number of hydrazine groups is 1. The maximum atomic E-state index is 5.60. The van der Waals surface area contributed by atoms with E-state index in [0.29, 0.717) is 0 Å². The van der Waals surface area contributed by atoms with Crippen molar-refractivity contribution in [3.63, 3.8) is 0 Å². The van der Waals surface area contributed by atoms with E-state index in [4.69, 9.17) is 5.84 Å². The Morgan fingerprint density at radius 3 is 2.62 bits per heavy atom. The molecule has 2 aromatic rings. The van der Waals surface area contributed by atoms with Crippen molar-refractivity contribution < 1.29 is 0 Å². The molecule has 0 aromatic carbocycles. The first-order valence-corrected chi connectivity index (χ1v) is 5.56. The first kappa shape index (κ1) is 11.3. The average Bonchev–Trinajstić information content (AvgIpc) is 2.63. The van der Waals surface area contributed by atoms with Crippen molar-refractivity contribution in [2.75, 3.05) is 0 Å². The van der Waals surface area contributed by atoms with Gasteiger partial charge in [0.2, 0.25) is 0 Å². The molecule has 0 fully saturated rings. The molecule has 0 aliphatic rings. The summed E-state index contributed by atoms with van der Waals surface area (Å²) in [4.78, 5) is 3.99. The SMILES string of the molecule is Cn1ncc(Br)c1C(NN)c1ccncc1. The van der Waals surface area contributed by atoms with Crippen LogP contribution in [0.1, 0.15) is 17.3 Å². The van der Waals surface area contributed by atoms with Crippen LogP contribution in [0, 0.1) is 0 Å². The monoisotopic (exact) mass is 281 g/mol. The second-order valence-electron chi connectivity index (χ2n) is 3.38. The number of hydrogen-bond acceptors (Lipinski definition) is 4. The molecular weight excluding hydrogens is 270 g/mol. The van der Waals surface area contributed by atoms with Crippen LogP contribution in [0.5, 0.6) is 0 Å². The maximum absolute atomic E-state index is 5.60. The third-order valence-corrected chi connectivity index (χ3v) is 3.03. The predicted octanol–water partition coefficient (Wildman–Crippen LogP) is 1.13. The van der Waals surface area contributed by atoms with Gasteiger partial charge in [0.25, 0.3) is 0 Å². The van der Waals surface area contributed by atoms with Gasteiger partial charge in [-0.2, -0.15) is 5.10 Å². The second-order valence-corrected chi connectivity index (χ2v) is 4.24. The van der Waals surface area contributed by atoms with Crippen molar-refractivity contribution in [3.8, 4) is 0 Å². The molecular formula is C10H12BrN5. The Morgan fingerprint density at radius 2 is 2.12 bits per heavy atom. The molecule has 2 heterocycles. The van der Waals surface area contributed by atoms with Gasteiger partial charge in [-0.05, 0) is 33.6 Å². The lowest BCUT2D eigenvalue weighted by molar-refractivity contribution is 0.572. The number of aryl methyl sites for hydroxylation is 1. The number of nitrogens with two attached hydrogens (primary N) is 1. The van der Waals surface area contributed by atoms with E-state index in [2.05, 4.69) is 31.4 Å². The van der Waals surface area contributed by atoms with Gasteiger partial charge in [-0.3, -0.25) is 15.5 Å². The van der Waals surface area contributed by atoms with Crippen LogP contribution in [0.2, 0.25) is 0 Å². The lowest BCUT2D eigenvalue weighted by atomic mass is 10.1. The van der Waals surface area contributed by atoms with Gasteiger partial charge in [-0.1, -0.05) is 0 Å². The number of nitrogens with one attached hydrogen (secondary N) is 1. The van der Waals surface area contributed by atoms with Gasteiger partial charge in [-0.15, -0.1) is 0 Å². The third-order valence-electron chi connectivity index (χ3n) is 2.42. The van der Waals surface area contributed by atoms with Crippen LogP contribution in [0.25, 0.3) is 0 Å². The molecule has 0 radical (unpaired) electrons. The van der Waals surface area contributed by atoms with Crippen molar-refractivity contribution in [3.05, 3.63) is 46.5 Å². The molecule has 5 nitrogen and oxygen atoms in total. The summed E-state index contributed by atoms with van der Waals surface area (Å²) in [6, 6.07) is 3.73. The zero-order chi connectivity index (χ0) is 11.5. The van der Waals surface area contributed by atoms with Gasteiger partial charge < -0.3 is 0 Å². The van der Waals surface area contributed by atoms with Crippen molar-refractivity contribution in [2.24, 2.45) is 12.9 Å². The van der Waals surface area contributed by atoms with Crippen molar-refractivity contribution in [1.29, 1.82) is 0 Å². The van der Waals surface area contributed by atoms with Gasteiger partial charge in [0, 0.05) is 19.4 Å². The summed E-state index contributed by atoms with van der Waals surface area (Å²) in [5.74, 6) is 5.60. The maximum Gasteiger partial charge on any atom is 0.0890 e. The van der Waals surface area contributed by atoms with Gasteiger partial charge >= 0.3 is 0 Å². The van der Waals surface area contributed by atoms with Gasteiger partial charge in [0.1, 0.15) is 0 Å². The Balaban J connectivity index is 2.45. The van der Waals surface area contributed by atoms with E-state index in [0.717, 1.165) is 15.7 Å². The number of nitrogens with zero attached hydrogens (tertiary/aromatic N) is 3. The molecule has 0 saturated heterocycles. The molecule has 0 aliphatic carbocycles. The van der Waals surface area contributed by atoms with E-state index in [1.165, 1.54) is 0 Å². The molecule has 0 aliphatic heterocycles. The molecule has 0 saturated carbocycles. The highest BCUT2D eigenvalue weighted by atomic mass is 79.9. The third kappa shape index (κ3) is 1.99. The molecule has 6 heteroatoms. The summed E-state index contributed by atoms with van der Waals surface area (Å²) in [7, 11) is 1.88. The molecule has 16 heavy (non-hydrogen) atoms. The van der Waals surface area contributed by atoms with E-state index in [9.17, 15) is 0 Å². The fraction of sp³-hybridized carbons (Fsp3) is 0.200. The number of rotatable bonds is 3. The van der Waals surface area contributed by atoms with Crippen LogP contribution in [-0.4, -0.2) is 14.8 Å². The molecule has 0 amide bonds. The minimum absolute atomic E-state index is 0.107. The summed E-state index contributed by atoms with van der Waals surface area (Å²) in [5, 5.41) is 4.17. The van der Waals surface area contributed by atoms with E-state index in [-0.39, 0.29) is 6.04 Å². The lowest BCUT2D eigenvalue weighted by Crippen LogP contribution is -2.30. The highest BCUT2D eigenvalue weighted by Crippen LogP contribution is 2.26. The molecule has 84 valence electrons. The second kappa shape index (κ2) is 4.73. The van der Waals surface area contributed by atoms with Crippen LogP contribution in [0.15, 0.2) is 35.2 Å². The summed E-state index contributed by atoms with van der Waals surface area (Å²) in [5.41, 5.74) is 4.81. The smallest absolute Gasteiger partial charge is 0.0890 e. The molecule has 2 aromatic heterocycles. The molecule has 3 N–H and O–H groups in total. The largest absolute Gasteiger partial charge is 0.271 e. The van der Waals surface area contributed by atoms with E-state index >= 15 is 0 Å².